The third-order valence-corrected chi connectivity index (χ3v) is 6.86. The largest absolute Gasteiger partial charge is 0.333 e. The van der Waals surface area contributed by atoms with Crippen molar-refractivity contribution in [2.75, 3.05) is 26.2 Å². The summed E-state index contributed by atoms with van der Waals surface area (Å²) in [5, 5.41) is 4.17. The Morgan fingerprint density at radius 2 is 1.85 bits per heavy atom. The molecule has 0 bridgehead atoms. The molecule has 1 fully saturated rings. The number of halogens is 3. The van der Waals surface area contributed by atoms with E-state index < -0.39 is 16.6 Å². The molecule has 0 aliphatic carbocycles. The summed E-state index contributed by atoms with van der Waals surface area (Å²) in [7, 11) is -3.85. The van der Waals surface area contributed by atoms with Gasteiger partial charge >= 0.3 is 6.55 Å². The summed E-state index contributed by atoms with van der Waals surface area (Å²) in [5.41, 5.74) is 0.929. The van der Waals surface area contributed by atoms with E-state index in [2.05, 4.69) is 10.00 Å². The van der Waals surface area contributed by atoms with Gasteiger partial charge in [-0.3, -0.25) is 4.90 Å². The van der Waals surface area contributed by atoms with Crippen LogP contribution in [0.4, 0.5) is 8.78 Å². The molecule has 0 saturated carbocycles. The molecule has 1 aromatic carbocycles. The monoisotopic (exact) mass is 404 g/mol. The maximum atomic E-state index is 12.8. The van der Waals surface area contributed by atoms with E-state index in [0.29, 0.717) is 29.3 Å². The minimum absolute atomic E-state index is 0.0569. The Labute approximate surface area is 156 Å². The maximum absolute atomic E-state index is 12.8. The van der Waals surface area contributed by atoms with Crippen molar-refractivity contribution in [1.29, 1.82) is 0 Å². The van der Waals surface area contributed by atoms with Crippen LogP contribution in [-0.4, -0.2) is 53.6 Å². The Bertz CT molecular complexity index is 880. The van der Waals surface area contributed by atoms with Crippen molar-refractivity contribution in [2.45, 2.75) is 24.9 Å². The van der Waals surface area contributed by atoms with Crippen LogP contribution in [0.15, 0.2) is 35.4 Å². The Balaban J connectivity index is 1.68. The van der Waals surface area contributed by atoms with Gasteiger partial charge in [0.15, 0.2) is 0 Å². The lowest BCUT2D eigenvalue weighted by atomic mass is 10.2. The van der Waals surface area contributed by atoms with Crippen LogP contribution in [-0.2, 0) is 16.6 Å². The fourth-order valence-electron chi connectivity index (χ4n) is 2.99. The van der Waals surface area contributed by atoms with E-state index in [1.807, 2.05) is 24.3 Å². The molecule has 0 spiro atoms. The average Bonchev–Trinajstić information content (AvgIpc) is 3.00. The number of hydrogen-bond donors (Lipinski definition) is 0. The van der Waals surface area contributed by atoms with Gasteiger partial charge in [0, 0.05) is 37.7 Å². The first-order chi connectivity index (χ1) is 12.3. The smallest absolute Gasteiger partial charge is 0.296 e. The second-order valence-electron chi connectivity index (χ2n) is 6.09. The first kappa shape index (κ1) is 19.2. The highest BCUT2D eigenvalue weighted by atomic mass is 35.5. The predicted octanol–water partition coefficient (Wildman–Crippen LogP) is 2.75. The van der Waals surface area contributed by atoms with E-state index in [0.717, 1.165) is 11.8 Å². The van der Waals surface area contributed by atoms with Crippen LogP contribution in [0.3, 0.4) is 0 Å². The van der Waals surface area contributed by atoms with Crippen molar-refractivity contribution in [2.24, 2.45) is 0 Å². The number of aromatic nitrogens is 2. The molecule has 0 N–H and O–H groups in total. The van der Waals surface area contributed by atoms with Gasteiger partial charge in [-0.05, 0) is 18.6 Å². The first-order valence-corrected chi connectivity index (χ1v) is 9.90. The van der Waals surface area contributed by atoms with E-state index >= 15 is 0 Å². The third kappa shape index (κ3) is 3.75. The van der Waals surface area contributed by atoms with Gasteiger partial charge in [0.2, 0.25) is 10.0 Å². The normalized spacial score (nSPS) is 17.1. The number of alkyl halides is 2. The number of rotatable bonds is 5. The van der Waals surface area contributed by atoms with Crippen LogP contribution < -0.4 is 0 Å². The molecular formula is C16H19ClF2N4O2S. The van der Waals surface area contributed by atoms with Crippen molar-refractivity contribution in [3.63, 3.8) is 0 Å². The van der Waals surface area contributed by atoms with Crippen molar-refractivity contribution in [3.05, 3.63) is 46.7 Å². The number of benzene rings is 1. The highest BCUT2D eigenvalue weighted by Gasteiger charge is 2.32. The fourth-order valence-corrected chi connectivity index (χ4v) is 4.76. The van der Waals surface area contributed by atoms with Crippen LogP contribution in [0.1, 0.15) is 17.8 Å². The minimum atomic E-state index is -3.85. The molecule has 0 radical (unpaired) electrons. The fraction of sp³-hybridized carbons (Fsp3) is 0.438. The molecule has 1 saturated heterocycles. The lowest BCUT2D eigenvalue weighted by Gasteiger charge is -2.34. The lowest BCUT2D eigenvalue weighted by Crippen LogP contribution is -2.48. The summed E-state index contributed by atoms with van der Waals surface area (Å²) in [5.74, 6) is 0. The molecule has 1 aliphatic rings. The van der Waals surface area contributed by atoms with Gasteiger partial charge in [-0.2, -0.15) is 18.2 Å². The summed E-state index contributed by atoms with van der Waals surface area (Å²) in [6.45, 7) is 0.735. The second kappa shape index (κ2) is 7.59. The summed E-state index contributed by atoms with van der Waals surface area (Å²) >= 11 is 6.17. The second-order valence-corrected chi connectivity index (χ2v) is 8.40. The molecule has 3 rings (SSSR count). The number of sulfonamides is 1. The SMILES string of the molecule is Cc1c(S(=O)(=O)N2CCN(Cc3ccccc3Cl)CC2)cnn1C(F)F. The summed E-state index contributed by atoms with van der Waals surface area (Å²) in [4.78, 5) is 1.94. The zero-order valence-corrected chi connectivity index (χ0v) is 15.7. The molecule has 6 nitrogen and oxygen atoms in total. The van der Waals surface area contributed by atoms with Gasteiger partial charge in [0.1, 0.15) is 4.90 Å². The maximum Gasteiger partial charge on any atom is 0.333 e. The van der Waals surface area contributed by atoms with Gasteiger partial charge in [0.25, 0.3) is 0 Å². The molecule has 0 amide bonds. The van der Waals surface area contributed by atoms with Crippen LogP contribution in [0, 0.1) is 6.92 Å². The third-order valence-electron chi connectivity index (χ3n) is 4.49. The molecular weight excluding hydrogens is 386 g/mol. The van der Waals surface area contributed by atoms with Crippen LogP contribution in [0.25, 0.3) is 0 Å². The highest BCUT2D eigenvalue weighted by Crippen LogP contribution is 2.24. The molecule has 2 heterocycles. The molecule has 26 heavy (non-hydrogen) atoms. The van der Waals surface area contributed by atoms with Crippen LogP contribution in [0.2, 0.25) is 5.02 Å². The summed E-state index contributed by atoms with van der Waals surface area (Å²) < 4.78 is 52.9. The van der Waals surface area contributed by atoms with E-state index in [4.69, 9.17) is 11.6 Å². The zero-order valence-electron chi connectivity index (χ0n) is 14.1. The molecule has 1 aliphatic heterocycles. The quantitative estimate of drug-likeness (QED) is 0.768. The van der Waals surface area contributed by atoms with E-state index in [1.54, 1.807) is 0 Å². The highest BCUT2D eigenvalue weighted by molar-refractivity contribution is 7.89. The van der Waals surface area contributed by atoms with E-state index in [1.165, 1.54) is 11.2 Å². The summed E-state index contributed by atoms with van der Waals surface area (Å²) in [6, 6.07) is 7.53. The van der Waals surface area contributed by atoms with Crippen molar-refractivity contribution < 1.29 is 17.2 Å². The number of nitrogens with zero attached hydrogens (tertiary/aromatic N) is 4. The van der Waals surface area contributed by atoms with Crippen molar-refractivity contribution >= 4 is 21.6 Å². The molecule has 142 valence electrons. The standard InChI is InChI=1S/C16H19ClF2N4O2S/c1-12-15(10-20-23(12)16(18)19)26(24,25)22-8-6-21(7-9-22)11-13-4-2-3-5-14(13)17/h2-5,10,16H,6-9,11H2,1H3. The first-order valence-electron chi connectivity index (χ1n) is 8.09. The van der Waals surface area contributed by atoms with Crippen LogP contribution >= 0.6 is 11.6 Å². The lowest BCUT2D eigenvalue weighted by molar-refractivity contribution is 0.0541. The van der Waals surface area contributed by atoms with E-state index in [9.17, 15) is 17.2 Å². The zero-order chi connectivity index (χ0) is 18.9. The van der Waals surface area contributed by atoms with Crippen LogP contribution in [0.5, 0.6) is 0 Å². The predicted molar refractivity (Wildman–Crippen MR) is 93.7 cm³/mol. The Kier molecular flexibility index (Phi) is 5.61. The number of piperazine rings is 1. The Morgan fingerprint density at radius 1 is 1.19 bits per heavy atom. The van der Waals surface area contributed by atoms with Crippen molar-refractivity contribution in [1.82, 2.24) is 19.0 Å². The molecule has 10 heteroatoms. The number of hydrogen-bond acceptors (Lipinski definition) is 4. The Hall–Kier alpha value is -1.55. The topological polar surface area (TPSA) is 58.4 Å². The molecule has 1 aromatic heterocycles. The average molecular weight is 405 g/mol. The van der Waals surface area contributed by atoms with Gasteiger partial charge in [-0.15, -0.1) is 0 Å². The molecule has 0 unspecified atom stereocenters. The van der Waals surface area contributed by atoms with Gasteiger partial charge in [-0.25, -0.2) is 13.1 Å². The Morgan fingerprint density at radius 3 is 2.42 bits per heavy atom. The minimum Gasteiger partial charge on any atom is -0.296 e. The summed E-state index contributed by atoms with van der Waals surface area (Å²) in [6.07, 6.45) is 0.993. The molecule has 0 atom stereocenters. The van der Waals surface area contributed by atoms with Gasteiger partial charge in [-0.1, -0.05) is 29.8 Å². The van der Waals surface area contributed by atoms with Gasteiger partial charge in [0.05, 0.1) is 11.9 Å². The molecule has 2 aromatic rings. The van der Waals surface area contributed by atoms with Crippen molar-refractivity contribution in [3.8, 4) is 0 Å². The van der Waals surface area contributed by atoms with E-state index in [-0.39, 0.29) is 23.7 Å². The van der Waals surface area contributed by atoms with Gasteiger partial charge < -0.3 is 0 Å².